The number of aliphatic imine (C=N–C) groups is 1. The number of benzene rings is 2. The summed E-state index contributed by atoms with van der Waals surface area (Å²) in [4.78, 5) is 23.9. The van der Waals surface area contributed by atoms with Gasteiger partial charge in [-0.1, -0.05) is 30.3 Å². The molecule has 0 unspecified atom stereocenters. The van der Waals surface area contributed by atoms with Gasteiger partial charge in [-0.2, -0.15) is 5.26 Å². The van der Waals surface area contributed by atoms with E-state index in [9.17, 15) is 14.4 Å². The van der Waals surface area contributed by atoms with Gasteiger partial charge in [0, 0.05) is 31.2 Å². The first-order valence-corrected chi connectivity index (χ1v) is 12.1. The number of ether oxygens (including phenoxy) is 1. The SMILES string of the molecule is COc1ccccc1C(=O)NCC1(c2cccc(F)c2)CCN(C(=NCc2ccccn2)NC#N)CC1. The van der Waals surface area contributed by atoms with Gasteiger partial charge in [0.05, 0.1) is 24.9 Å². The normalized spacial score (nSPS) is 14.9. The Morgan fingerprint density at radius 2 is 1.95 bits per heavy atom. The van der Waals surface area contributed by atoms with Gasteiger partial charge in [0.15, 0.2) is 6.19 Å². The predicted octanol–water partition coefficient (Wildman–Crippen LogP) is 3.62. The Labute approximate surface area is 215 Å². The second kappa shape index (κ2) is 12.0. The number of hydrogen-bond acceptors (Lipinski definition) is 5. The van der Waals surface area contributed by atoms with Crippen LogP contribution in [0.4, 0.5) is 4.39 Å². The maximum absolute atomic E-state index is 14.2. The lowest BCUT2D eigenvalue weighted by Gasteiger charge is -2.43. The number of halogens is 1. The molecule has 1 aliphatic heterocycles. The molecule has 37 heavy (non-hydrogen) atoms. The lowest BCUT2D eigenvalue weighted by molar-refractivity contribution is 0.0929. The van der Waals surface area contributed by atoms with Gasteiger partial charge in [-0.3, -0.25) is 15.1 Å². The molecule has 0 saturated carbocycles. The summed E-state index contributed by atoms with van der Waals surface area (Å²) >= 11 is 0. The third-order valence-electron chi connectivity index (χ3n) is 6.68. The highest BCUT2D eigenvalue weighted by atomic mass is 19.1. The smallest absolute Gasteiger partial charge is 0.255 e. The number of methoxy groups -OCH3 is 1. The van der Waals surface area contributed by atoms with E-state index in [1.807, 2.05) is 41.4 Å². The van der Waals surface area contributed by atoms with Crippen LogP contribution < -0.4 is 15.4 Å². The number of piperidine rings is 1. The van der Waals surface area contributed by atoms with Gasteiger partial charge in [-0.25, -0.2) is 9.38 Å². The van der Waals surface area contributed by atoms with Crippen LogP contribution in [0.1, 0.15) is 34.5 Å². The number of carbonyl (C=O) groups is 1. The lowest BCUT2D eigenvalue weighted by atomic mass is 9.72. The first-order valence-electron chi connectivity index (χ1n) is 12.1. The summed E-state index contributed by atoms with van der Waals surface area (Å²) in [7, 11) is 1.53. The number of amides is 1. The second-order valence-corrected chi connectivity index (χ2v) is 8.86. The summed E-state index contributed by atoms with van der Waals surface area (Å²) in [5, 5.41) is 15.0. The number of hydrogen-bond donors (Lipinski definition) is 2. The minimum Gasteiger partial charge on any atom is -0.496 e. The standard InChI is InChI=1S/C28H29FN6O2/c1-37-25-11-3-2-10-24(25)26(36)33-19-28(21-7-6-8-22(29)17-21)12-15-35(16-13-28)27(34-20-30)32-18-23-9-4-5-14-31-23/h2-11,14,17H,12-13,15-16,18-19H2,1H3,(H,32,34)(H,33,36). The molecule has 1 fully saturated rings. The molecular weight excluding hydrogens is 471 g/mol. The van der Waals surface area contributed by atoms with Gasteiger partial charge < -0.3 is 15.0 Å². The Kier molecular flexibility index (Phi) is 8.31. The average molecular weight is 501 g/mol. The summed E-state index contributed by atoms with van der Waals surface area (Å²) in [6.45, 7) is 1.80. The molecule has 0 aliphatic carbocycles. The third kappa shape index (κ3) is 6.22. The van der Waals surface area contributed by atoms with Gasteiger partial charge in [0.1, 0.15) is 11.6 Å². The van der Waals surface area contributed by atoms with E-state index in [0.29, 0.717) is 56.3 Å². The number of nitrogens with zero attached hydrogens (tertiary/aromatic N) is 4. The van der Waals surface area contributed by atoms with Crippen molar-refractivity contribution in [3.05, 3.63) is 95.6 Å². The van der Waals surface area contributed by atoms with Crippen molar-refractivity contribution in [1.82, 2.24) is 20.5 Å². The fourth-order valence-electron chi connectivity index (χ4n) is 4.63. The van der Waals surface area contributed by atoms with E-state index in [2.05, 4.69) is 20.6 Å². The number of aromatic nitrogens is 1. The minimum absolute atomic E-state index is 0.251. The lowest BCUT2D eigenvalue weighted by Crippen LogP contribution is -2.52. The molecule has 0 bridgehead atoms. The number of para-hydroxylation sites is 1. The van der Waals surface area contributed by atoms with Crippen molar-refractivity contribution < 1.29 is 13.9 Å². The summed E-state index contributed by atoms with van der Waals surface area (Å²) < 4.78 is 19.6. The minimum atomic E-state index is -0.491. The van der Waals surface area contributed by atoms with Crippen LogP contribution in [-0.2, 0) is 12.0 Å². The van der Waals surface area contributed by atoms with E-state index in [-0.39, 0.29) is 11.7 Å². The zero-order chi connectivity index (χ0) is 26.1. The Morgan fingerprint density at radius 1 is 1.16 bits per heavy atom. The number of pyridine rings is 1. The van der Waals surface area contributed by atoms with Crippen molar-refractivity contribution >= 4 is 11.9 Å². The highest BCUT2D eigenvalue weighted by Gasteiger charge is 2.38. The summed E-state index contributed by atoms with van der Waals surface area (Å²) in [5.41, 5.74) is 1.58. The molecular formula is C28H29FN6O2. The predicted molar refractivity (Wildman–Crippen MR) is 138 cm³/mol. The van der Waals surface area contributed by atoms with Gasteiger partial charge in [-0.15, -0.1) is 0 Å². The Morgan fingerprint density at radius 3 is 2.65 bits per heavy atom. The second-order valence-electron chi connectivity index (χ2n) is 8.86. The maximum atomic E-state index is 14.2. The Balaban J connectivity index is 1.52. The van der Waals surface area contributed by atoms with Crippen molar-refractivity contribution in [1.29, 1.82) is 5.26 Å². The van der Waals surface area contributed by atoms with E-state index >= 15 is 0 Å². The first-order chi connectivity index (χ1) is 18.0. The maximum Gasteiger partial charge on any atom is 0.255 e. The topological polar surface area (TPSA) is 103 Å². The van der Waals surface area contributed by atoms with Crippen LogP contribution in [0.25, 0.3) is 0 Å². The van der Waals surface area contributed by atoms with Crippen LogP contribution >= 0.6 is 0 Å². The summed E-state index contributed by atoms with van der Waals surface area (Å²) in [6, 6.07) is 19.2. The first kappa shape index (κ1) is 25.6. The van der Waals surface area contributed by atoms with Crippen LogP contribution in [0.2, 0.25) is 0 Å². The highest BCUT2D eigenvalue weighted by Crippen LogP contribution is 2.36. The van der Waals surface area contributed by atoms with Gasteiger partial charge in [0.2, 0.25) is 5.96 Å². The van der Waals surface area contributed by atoms with Crippen LogP contribution in [0, 0.1) is 17.3 Å². The van der Waals surface area contributed by atoms with Crippen molar-refractivity contribution in [2.75, 3.05) is 26.7 Å². The third-order valence-corrected chi connectivity index (χ3v) is 6.68. The molecule has 1 saturated heterocycles. The molecule has 4 rings (SSSR count). The summed E-state index contributed by atoms with van der Waals surface area (Å²) in [6.07, 6.45) is 4.92. The quantitative estimate of drug-likeness (QED) is 0.222. The number of carbonyl (C=O) groups excluding carboxylic acids is 1. The fraction of sp³-hybridized carbons (Fsp3) is 0.286. The molecule has 9 heteroatoms. The van der Waals surface area contributed by atoms with Crippen molar-refractivity contribution in [3.8, 4) is 11.9 Å². The van der Waals surface area contributed by atoms with Crippen molar-refractivity contribution in [2.45, 2.75) is 24.8 Å². The van der Waals surface area contributed by atoms with Crippen LogP contribution in [0.15, 0.2) is 77.9 Å². The number of nitrogens with one attached hydrogen (secondary N) is 2. The molecule has 8 nitrogen and oxygen atoms in total. The molecule has 2 aromatic carbocycles. The zero-order valence-corrected chi connectivity index (χ0v) is 20.7. The van der Waals surface area contributed by atoms with Gasteiger partial charge >= 0.3 is 0 Å². The monoisotopic (exact) mass is 500 g/mol. The van der Waals surface area contributed by atoms with Crippen LogP contribution in [0.5, 0.6) is 5.75 Å². The van der Waals surface area contributed by atoms with E-state index in [1.165, 1.54) is 19.2 Å². The Bertz CT molecular complexity index is 1280. The van der Waals surface area contributed by atoms with E-state index < -0.39 is 5.41 Å². The molecule has 2 N–H and O–H groups in total. The molecule has 1 aromatic heterocycles. The highest BCUT2D eigenvalue weighted by molar-refractivity contribution is 5.97. The van der Waals surface area contributed by atoms with Crippen molar-refractivity contribution in [2.24, 2.45) is 4.99 Å². The van der Waals surface area contributed by atoms with Crippen molar-refractivity contribution in [3.63, 3.8) is 0 Å². The summed E-state index contributed by atoms with van der Waals surface area (Å²) in [5.74, 6) is 0.392. The number of guanidine groups is 1. The van der Waals surface area contributed by atoms with Crippen LogP contribution in [-0.4, -0.2) is 48.5 Å². The van der Waals surface area contributed by atoms with E-state index in [0.717, 1.165) is 11.3 Å². The average Bonchev–Trinajstić information content (AvgIpc) is 2.95. The molecule has 0 spiro atoms. The van der Waals surface area contributed by atoms with Gasteiger partial charge in [-0.05, 0) is 54.8 Å². The number of rotatable bonds is 7. The van der Waals surface area contributed by atoms with E-state index in [4.69, 9.17) is 4.74 Å². The molecule has 1 amide bonds. The van der Waals surface area contributed by atoms with Crippen LogP contribution in [0.3, 0.4) is 0 Å². The number of nitriles is 1. The Hall–Kier alpha value is -4.45. The largest absolute Gasteiger partial charge is 0.496 e. The van der Waals surface area contributed by atoms with Gasteiger partial charge in [0.25, 0.3) is 5.91 Å². The molecule has 0 atom stereocenters. The molecule has 3 aromatic rings. The fourth-order valence-corrected chi connectivity index (χ4v) is 4.63. The molecule has 2 heterocycles. The van der Waals surface area contributed by atoms with E-state index in [1.54, 1.807) is 30.5 Å². The molecule has 0 radical (unpaired) electrons. The molecule has 1 aliphatic rings. The molecule has 190 valence electrons. The number of likely N-dealkylation sites (tertiary alicyclic amines) is 1. The zero-order valence-electron chi connectivity index (χ0n) is 20.7.